The summed E-state index contributed by atoms with van der Waals surface area (Å²) >= 11 is 0. The Morgan fingerprint density at radius 1 is 0.659 bits per heavy atom. The van der Waals surface area contributed by atoms with E-state index in [9.17, 15) is 21.6 Å². The number of hydrogen-bond acceptors (Lipinski definition) is 3. The summed E-state index contributed by atoms with van der Waals surface area (Å²) in [7, 11) is -5.73. The molecule has 8 heteroatoms. The standard InChI is InChI=1S/C33H31F3N2O2S/c34-33(35,36)41(39,40)38-32-28(22-13-5-2-6-14-22)20-24-16-8-10-18-26(24)30(32)29-25-17-9-7-15-23(25)19-27(31(29)37)21-11-3-1-4-12-21/h1-6,11-14,19-20,38H,7-10,15-18,37H2. The first-order chi connectivity index (χ1) is 19.7. The minimum absolute atomic E-state index is 0.0566. The number of anilines is 2. The van der Waals surface area contributed by atoms with Crippen molar-refractivity contribution in [3.05, 3.63) is 95.1 Å². The maximum Gasteiger partial charge on any atom is 0.516 e. The highest BCUT2D eigenvalue weighted by molar-refractivity contribution is 7.93. The highest BCUT2D eigenvalue weighted by Gasteiger charge is 2.47. The fourth-order valence-corrected chi connectivity index (χ4v) is 6.99. The minimum atomic E-state index is -5.73. The monoisotopic (exact) mass is 576 g/mol. The number of fused-ring (bicyclic) bond motifs is 2. The molecule has 2 aliphatic rings. The number of sulfonamides is 1. The van der Waals surface area contributed by atoms with Crippen molar-refractivity contribution in [3.8, 4) is 33.4 Å². The second kappa shape index (κ2) is 10.6. The molecule has 0 atom stereocenters. The van der Waals surface area contributed by atoms with Crippen LogP contribution in [0.25, 0.3) is 33.4 Å². The number of nitrogens with two attached hydrogens (primary N) is 1. The average molecular weight is 577 g/mol. The van der Waals surface area contributed by atoms with Crippen LogP contribution in [-0.4, -0.2) is 13.9 Å². The van der Waals surface area contributed by atoms with Gasteiger partial charge in [-0.05, 0) is 96.9 Å². The summed E-state index contributed by atoms with van der Waals surface area (Å²) in [5.41, 5.74) is 9.86. The first kappa shape index (κ1) is 27.4. The summed E-state index contributed by atoms with van der Waals surface area (Å²) in [6, 6.07) is 22.7. The fourth-order valence-electron chi connectivity index (χ4n) is 6.39. The highest BCUT2D eigenvalue weighted by atomic mass is 32.2. The van der Waals surface area contributed by atoms with Gasteiger partial charge in [-0.15, -0.1) is 0 Å². The van der Waals surface area contributed by atoms with Crippen molar-refractivity contribution in [2.45, 2.75) is 56.9 Å². The topological polar surface area (TPSA) is 72.2 Å². The molecule has 4 aromatic carbocycles. The molecule has 3 N–H and O–H groups in total. The van der Waals surface area contributed by atoms with Crippen molar-refractivity contribution in [3.63, 3.8) is 0 Å². The molecule has 0 fully saturated rings. The van der Waals surface area contributed by atoms with Crippen LogP contribution in [0.5, 0.6) is 0 Å². The molecule has 41 heavy (non-hydrogen) atoms. The number of nitrogens with one attached hydrogen (secondary N) is 1. The smallest absolute Gasteiger partial charge is 0.398 e. The number of aryl methyl sites for hydroxylation is 2. The van der Waals surface area contributed by atoms with E-state index in [4.69, 9.17) is 5.73 Å². The summed E-state index contributed by atoms with van der Waals surface area (Å²) in [6.45, 7) is 0. The SMILES string of the molecule is Nc1c(-c2ccccc2)cc2c(c1-c1c3c(cc(-c4ccccc4)c1NS(=O)(=O)C(F)(F)F)CCCC3)CCCC2. The Bertz CT molecular complexity index is 1720. The van der Waals surface area contributed by atoms with Gasteiger partial charge >= 0.3 is 15.5 Å². The van der Waals surface area contributed by atoms with Crippen LogP contribution in [0.15, 0.2) is 72.8 Å². The lowest BCUT2D eigenvalue weighted by Gasteiger charge is -2.30. The molecule has 6 rings (SSSR count). The molecule has 0 aromatic heterocycles. The van der Waals surface area contributed by atoms with E-state index in [0.717, 1.165) is 78.3 Å². The summed E-state index contributed by atoms with van der Waals surface area (Å²) in [5.74, 6) is 0. The fraction of sp³-hybridized carbons (Fsp3) is 0.273. The zero-order valence-electron chi connectivity index (χ0n) is 22.5. The molecule has 4 aromatic rings. The number of rotatable bonds is 5. The summed E-state index contributed by atoms with van der Waals surface area (Å²) in [5, 5.41) is 0. The number of alkyl halides is 3. The van der Waals surface area contributed by atoms with Crippen molar-refractivity contribution in [1.29, 1.82) is 0 Å². The van der Waals surface area contributed by atoms with Crippen LogP contribution in [0.2, 0.25) is 0 Å². The lowest BCUT2D eigenvalue weighted by Crippen LogP contribution is -2.30. The number of halogens is 3. The van der Waals surface area contributed by atoms with E-state index in [1.54, 1.807) is 24.3 Å². The Kier molecular flexibility index (Phi) is 7.06. The molecule has 0 saturated heterocycles. The van der Waals surface area contributed by atoms with E-state index in [-0.39, 0.29) is 5.69 Å². The minimum Gasteiger partial charge on any atom is -0.398 e. The lowest BCUT2D eigenvalue weighted by atomic mass is 9.76. The van der Waals surface area contributed by atoms with Crippen LogP contribution in [0, 0.1) is 0 Å². The van der Waals surface area contributed by atoms with Gasteiger partial charge in [0.25, 0.3) is 0 Å². The second-order valence-corrected chi connectivity index (χ2v) is 12.5. The number of hydrogen-bond donors (Lipinski definition) is 2. The first-order valence-electron chi connectivity index (χ1n) is 14.0. The second-order valence-electron chi connectivity index (χ2n) is 10.9. The molecule has 4 nitrogen and oxygen atoms in total. The molecular weight excluding hydrogens is 545 g/mol. The molecule has 0 heterocycles. The summed E-state index contributed by atoms with van der Waals surface area (Å²) in [4.78, 5) is 0. The molecule has 0 bridgehead atoms. The molecular formula is C33H31F3N2O2S. The van der Waals surface area contributed by atoms with Gasteiger partial charge in [0.1, 0.15) is 0 Å². The molecule has 0 spiro atoms. The Hall–Kier alpha value is -3.78. The molecule has 212 valence electrons. The van der Waals surface area contributed by atoms with Gasteiger partial charge in [0.05, 0.1) is 5.69 Å². The summed E-state index contributed by atoms with van der Waals surface area (Å²) < 4.78 is 69.2. The van der Waals surface area contributed by atoms with E-state index < -0.39 is 15.5 Å². The van der Waals surface area contributed by atoms with Gasteiger partial charge in [-0.1, -0.05) is 60.7 Å². The van der Waals surface area contributed by atoms with Crippen LogP contribution in [0.3, 0.4) is 0 Å². The Labute approximate surface area is 238 Å². The van der Waals surface area contributed by atoms with Gasteiger partial charge in [-0.3, -0.25) is 4.72 Å². The van der Waals surface area contributed by atoms with Gasteiger partial charge in [-0.2, -0.15) is 21.6 Å². The maximum absolute atomic E-state index is 13.9. The average Bonchev–Trinajstić information content (AvgIpc) is 2.97. The number of nitrogen functional groups attached to an aromatic ring is 1. The van der Waals surface area contributed by atoms with Crippen LogP contribution in [0.1, 0.15) is 47.9 Å². The third-order valence-electron chi connectivity index (χ3n) is 8.30. The molecule has 0 aliphatic heterocycles. The molecule has 0 amide bonds. The quantitative estimate of drug-likeness (QED) is 0.235. The normalized spacial score (nSPS) is 15.2. The first-order valence-corrected chi connectivity index (χ1v) is 15.5. The van der Waals surface area contributed by atoms with Crippen molar-refractivity contribution >= 4 is 21.4 Å². The third-order valence-corrected chi connectivity index (χ3v) is 9.38. The predicted octanol–water partition coefficient (Wildman–Crippen LogP) is 8.29. The summed E-state index contributed by atoms with van der Waals surface area (Å²) in [6.07, 6.45) is 6.67. The largest absolute Gasteiger partial charge is 0.516 e. The zero-order chi connectivity index (χ0) is 28.8. The maximum atomic E-state index is 13.9. The number of benzene rings is 4. The van der Waals surface area contributed by atoms with E-state index in [1.165, 1.54) is 0 Å². The Morgan fingerprint density at radius 3 is 1.66 bits per heavy atom. The highest BCUT2D eigenvalue weighted by Crippen LogP contribution is 2.51. The van der Waals surface area contributed by atoms with Gasteiger partial charge in [0.2, 0.25) is 0 Å². The van der Waals surface area contributed by atoms with Gasteiger partial charge in [0, 0.05) is 27.9 Å². The van der Waals surface area contributed by atoms with Crippen molar-refractivity contribution < 1.29 is 21.6 Å². The van der Waals surface area contributed by atoms with Crippen LogP contribution < -0.4 is 10.5 Å². The Balaban J connectivity index is 1.75. The van der Waals surface area contributed by atoms with Gasteiger partial charge in [0.15, 0.2) is 0 Å². The van der Waals surface area contributed by atoms with Crippen molar-refractivity contribution in [2.24, 2.45) is 0 Å². The third kappa shape index (κ3) is 4.99. The van der Waals surface area contributed by atoms with E-state index in [0.29, 0.717) is 34.4 Å². The zero-order valence-corrected chi connectivity index (χ0v) is 23.3. The van der Waals surface area contributed by atoms with E-state index in [2.05, 4.69) is 6.07 Å². The van der Waals surface area contributed by atoms with Gasteiger partial charge in [-0.25, -0.2) is 0 Å². The Morgan fingerprint density at radius 2 is 1.12 bits per heavy atom. The lowest BCUT2D eigenvalue weighted by molar-refractivity contribution is -0.0429. The van der Waals surface area contributed by atoms with Crippen LogP contribution in [0.4, 0.5) is 24.5 Å². The van der Waals surface area contributed by atoms with Crippen LogP contribution in [-0.2, 0) is 35.7 Å². The molecule has 2 aliphatic carbocycles. The molecule has 0 radical (unpaired) electrons. The van der Waals surface area contributed by atoms with E-state index >= 15 is 0 Å². The van der Waals surface area contributed by atoms with Crippen LogP contribution >= 0.6 is 0 Å². The predicted molar refractivity (Wildman–Crippen MR) is 159 cm³/mol. The molecule has 0 unspecified atom stereocenters. The van der Waals surface area contributed by atoms with Gasteiger partial charge < -0.3 is 5.73 Å². The molecule has 0 saturated carbocycles. The van der Waals surface area contributed by atoms with E-state index in [1.807, 2.05) is 47.2 Å². The van der Waals surface area contributed by atoms with Crippen molar-refractivity contribution in [1.82, 2.24) is 0 Å². The van der Waals surface area contributed by atoms with Crippen molar-refractivity contribution in [2.75, 3.05) is 10.5 Å².